The molecule has 1 saturated heterocycles. The highest BCUT2D eigenvalue weighted by molar-refractivity contribution is 5.93. The minimum absolute atomic E-state index is 0.0302. The molecule has 3 fully saturated rings. The summed E-state index contributed by atoms with van der Waals surface area (Å²) in [5, 5.41) is 0. The zero-order chi connectivity index (χ0) is 21.3. The molecule has 5 heteroatoms. The van der Waals surface area contributed by atoms with E-state index in [0.717, 1.165) is 18.4 Å². The number of hydrogen-bond donors (Lipinski definition) is 0. The van der Waals surface area contributed by atoms with E-state index in [1.807, 2.05) is 35.2 Å². The molecule has 6 atom stereocenters. The van der Waals surface area contributed by atoms with Crippen LogP contribution >= 0.6 is 0 Å². The minimum atomic E-state index is -0.368. The van der Waals surface area contributed by atoms with Crippen molar-refractivity contribution in [3.8, 4) is 0 Å². The molecule has 0 unspecified atom stereocenters. The van der Waals surface area contributed by atoms with Crippen LogP contribution in [0.5, 0.6) is 0 Å². The largest absolute Gasteiger partial charge is 0.462 e. The van der Waals surface area contributed by atoms with E-state index in [0.29, 0.717) is 44.1 Å². The maximum atomic E-state index is 13.3. The van der Waals surface area contributed by atoms with Gasteiger partial charge in [0.15, 0.2) is 0 Å². The van der Waals surface area contributed by atoms with Crippen LogP contribution in [-0.2, 0) is 19.1 Å². The number of esters is 1. The molecule has 4 rings (SSSR count). The third-order valence-corrected chi connectivity index (χ3v) is 7.31. The van der Waals surface area contributed by atoms with Gasteiger partial charge in [-0.15, -0.1) is 0 Å². The second kappa shape index (κ2) is 9.09. The van der Waals surface area contributed by atoms with Crippen molar-refractivity contribution < 1.29 is 19.1 Å². The molecule has 1 aromatic rings. The van der Waals surface area contributed by atoms with E-state index < -0.39 is 0 Å². The van der Waals surface area contributed by atoms with E-state index in [1.165, 1.54) is 6.42 Å². The van der Waals surface area contributed by atoms with Crippen molar-refractivity contribution in [3.05, 3.63) is 35.9 Å². The maximum Gasteiger partial charge on any atom is 0.310 e. The monoisotopic (exact) mass is 413 g/mol. The van der Waals surface area contributed by atoms with E-state index >= 15 is 0 Å². The normalized spacial score (nSPS) is 33.9. The van der Waals surface area contributed by atoms with Crippen molar-refractivity contribution in [1.29, 1.82) is 0 Å². The lowest BCUT2D eigenvalue weighted by Gasteiger charge is -2.36. The van der Waals surface area contributed by atoms with Crippen LogP contribution in [0.2, 0.25) is 0 Å². The SMILES string of the molecule is CC(C)[C@H]1CC[C@@H](C)C[C@@H]1OC(=O)[C@H]1[C@H](C(=O)N2CCOCC2)[C@@H]1c1ccccc1. The third-order valence-electron chi connectivity index (χ3n) is 7.31. The molecule has 2 aliphatic carbocycles. The highest BCUT2D eigenvalue weighted by atomic mass is 16.5. The van der Waals surface area contributed by atoms with Crippen LogP contribution in [0, 0.1) is 29.6 Å². The number of carbonyl (C=O) groups is 2. The lowest BCUT2D eigenvalue weighted by Crippen LogP contribution is -2.42. The molecule has 3 aliphatic rings. The van der Waals surface area contributed by atoms with Crippen LogP contribution in [0.1, 0.15) is 51.5 Å². The molecule has 1 aromatic carbocycles. The summed E-state index contributed by atoms with van der Waals surface area (Å²) in [6, 6.07) is 9.97. The Kier molecular flexibility index (Phi) is 6.47. The number of carbonyl (C=O) groups excluding carboxylic acids is 2. The Hall–Kier alpha value is -1.88. The summed E-state index contributed by atoms with van der Waals surface area (Å²) < 4.78 is 11.5. The second-order valence-corrected chi connectivity index (χ2v) is 9.73. The second-order valence-electron chi connectivity index (χ2n) is 9.73. The van der Waals surface area contributed by atoms with E-state index in [2.05, 4.69) is 20.8 Å². The summed E-state index contributed by atoms with van der Waals surface area (Å²) >= 11 is 0. The lowest BCUT2D eigenvalue weighted by molar-refractivity contribution is -0.159. The van der Waals surface area contributed by atoms with Crippen LogP contribution in [0.25, 0.3) is 0 Å². The molecule has 1 amide bonds. The fourth-order valence-electron chi connectivity index (χ4n) is 5.47. The van der Waals surface area contributed by atoms with Gasteiger partial charge in [0.1, 0.15) is 6.10 Å². The van der Waals surface area contributed by atoms with Crippen molar-refractivity contribution in [2.24, 2.45) is 29.6 Å². The standard InChI is InChI=1S/C25H35NO4/c1-16(2)19-10-9-17(3)15-20(19)30-25(28)23-21(18-7-5-4-6-8-18)22(23)24(27)26-11-13-29-14-12-26/h4-8,16-17,19-23H,9-15H2,1-3H3/t17-,19-,20+,21+,22-,23-/m1/s1. The highest BCUT2D eigenvalue weighted by Gasteiger charge is 2.61. The maximum absolute atomic E-state index is 13.3. The predicted molar refractivity (Wildman–Crippen MR) is 115 cm³/mol. The van der Waals surface area contributed by atoms with E-state index in [4.69, 9.17) is 9.47 Å². The van der Waals surface area contributed by atoms with Crippen molar-refractivity contribution in [2.75, 3.05) is 26.3 Å². The highest BCUT2D eigenvalue weighted by Crippen LogP contribution is 2.56. The summed E-state index contributed by atoms with van der Waals surface area (Å²) in [7, 11) is 0. The first kappa shape index (κ1) is 21.4. The van der Waals surface area contributed by atoms with Crippen molar-refractivity contribution in [2.45, 2.75) is 52.1 Å². The van der Waals surface area contributed by atoms with Gasteiger partial charge in [0, 0.05) is 19.0 Å². The van der Waals surface area contributed by atoms with Crippen LogP contribution < -0.4 is 0 Å². The quantitative estimate of drug-likeness (QED) is 0.688. The summed E-state index contributed by atoms with van der Waals surface area (Å²) in [5.41, 5.74) is 1.06. The number of benzene rings is 1. The van der Waals surface area contributed by atoms with Crippen molar-refractivity contribution >= 4 is 11.9 Å². The van der Waals surface area contributed by atoms with Crippen LogP contribution in [0.15, 0.2) is 30.3 Å². The van der Waals surface area contributed by atoms with Gasteiger partial charge in [-0.2, -0.15) is 0 Å². The number of hydrogen-bond acceptors (Lipinski definition) is 4. The first-order chi connectivity index (χ1) is 14.5. The molecule has 30 heavy (non-hydrogen) atoms. The molecule has 0 aromatic heterocycles. The van der Waals surface area contributed by atoms with Crippen LogP contribution in [-0.4, -0.2) is 49.2 Å². The molecule has 5 nitrogen and oxygen atoms in total. The van der Waals surface area contributed by atoms with Gasteiger partial charge >= 0.3 is 5.97 Å². The third kappa shape index (κ3) is 4.41. The van der Waals surface area contributed by atoms with E-state index in [-0.39, 0.29) is 35.7 Å². The number of nitrogens with zero attached hydrogens (tertiary/aromatic N) is 1. The average molecular weight is 414 g/mol. The summed E-state index contributed by atoms with van der Waals surface area (Å²) in [5.74, 6) is 0.619. The number of morpholine rings is 1. The molecule has 0 N–H and O–H groups in total. The molecule has 2 saturated carbocycles. The molecular weight excluding hydrogens is 378 g/mol. The van der Waals surface area contributed by atoms with E-state index in [9.17, 15) is 9.59 Å². The Morgan fingerprint density at radius 2 is 1.77 bits per heavy atom. The van der Waals surface area contributed by atoms with Gasteiger partial charge in [-0.05, 0) is 36.2 Å². The Balaban J connectivity index is 1.50. The number of amides is 1. The fraction of sp³-hybridized carbons (Fsp3) is 0.680. The van der Waals surface area contributed by atoms with Crippen molar-refractivity contribution in [1.82, 2.24) is 4.90 Å². The van der Waals surface area contributed by atoms with Gasteiger partial charge in [-0.1, -0.05) is 57.5 Å². The topological polar surface area (TPSA) is 55.8 Å². The van der Waals surface area contributed by atoms with Gasteiger partial charge in [-0.25, -0.2) is 0 Å². The number of rotatable bonds is 5. The molecule has 1 heterocycles. The summed E-state index contributed by atoms with van der Waals surface area (Å²) in [6.45, 7) is 9.03. The lowest BCUT2D eigenvalue weighted by atomic mass is 9.75. The smallest absolute Gasteiger partial charge is 0.310 e. The van der Waals surface area contributed by atoms with Gasteiger partial charge in [-0.3, -0.25) is 9.59 Å². The Labute approximate surface area is 180 Å². The first-order valence-electron chi connectivity index (χ1n) is 11.6. The molecule has 0 bridgehead atoms. The van der Waals surface area contributed by atoms with Gasteiger partial charge in [0.25, 0.3) is 0 Å². The number of ether oxygens (including phenoxy) is 2. The summed E-state index contributed by atoms with van der Waals surface area (Å²) in [4.78, 5) is 28.4. The Morgan fingerprint density at radius 3 is 2.43 bits per heavy atom. The van der Waals surface area contributed by atoms with Gasteiger partial charge in [0.05, 0.1) is 25.0 Å². The first-order valence-corrected chi connectivity index (χ1v) is 11.6. The average Bonchev–Trinajstić information content (AvgIpc) is 3.50. The summed E-state index contributed by atoms with van der Waals surface area (Å²) in [6.07, 6.45) is 3.21. The molecule has 164 valence electrons. The zero-order valence-electron chi connectivity index (χ0n) is 18.5. The van der Waals surface area contributed by atoms with Gasteiger partial charge < -0.3 is 14.4 Å². The van der Waals surface area contributed by atoms with E-state index in [1.54, 1.807) is 0 Å². The Bertz CT molecular complexity index is 743. The molecule has 0 radical (unpaired) electrons. The molecular formula is C25H35NO4. The molecule has 1 aliphatic heterocycles. The fourth-order valence-corrected chi connectivity index (χ4v) is 5.47. The van der Waals surface area contributed by atoms with Gasteiger partial charge in [0.2, 0.25) is 5.91 Å². The Morgan fingerprint density at radius 1 is 1.07 bits per heavy atom. The van der Waals surface area contributed by atoms with Crippen LogP contribution in [0.4, 0.5) is 0 Å². The van der Waals surface area contributed by atoms with Crippen LogP contribution in [0.3, 0.4) is 0 Å². The molecule has 0 spiro atoms. The van der Waals surface area contributed by atoms with Crippen molar-refractivity contribution in [3.63, 3.8) is 0 Å². The minimum Gasteiger partial charge on any atom is -0.462 e. The predicted octanol–water partition coefficient (Wildman–Crippen LogP) is 3.88. The zero-order valence-corrected chi connectivity index (χ0v) is 18.5.